The zero-order valence-electron chi connectivity index (χ0n) is 7.16. The lowest BCUT2D eigenvalue weighted by molar-refractivity contribution is -0.142. The van der Waals surface area contributed by atoms with Crippen molar-refractivity contribution >= 4 is 28.6 Å². The summed E-state index contributed by atoms with van der Waals surface area (Å²) >= 11 is 2.19. The molecule has 1 aromatic carbocycles. The van der Waals surface area contributed by atoms with Gasteiger partial charge < -0.3 is 10.5 Å². The van der Waals surface area contributed by atoms with Crippen LogP contribution in [-0.4, -0.2) is 13.1 Å². The number of rotatable bonds is 2. The van der Waals surface area contributed by atoms with Gasteiger partial charge in [-0.3, -0.25) is 4.79 Å². The molecule has 0 aliphatic carbocycles. The lowest BCUT2D eigenvalue weighted by Crippen LogP contribution is -2.22. The van der Waals surface area contributed by atoms with E-state index in [0.717, 1.165) is 9.13 Å². The van der Waals surface area contributed by atoms with E-state index < -0.39 is 12.0 Å². The summed E-state index contributed by atoms with van der Waals surface area (Å²) in [6.45, 7) is 0. The molecule has 0 aliphatic rings. The van der Waals surface area contributed by atoms with Crippen LogP contribution in [-0.2, 0) is 9.53 Å². The fourth-order valence-electron chi connectivity index (χ4n) is 0.933. The number of esters is 1. The van der Waals surface area contributed by atoms with E-state index >= 15 is 0 Å². The van der Waals surface area contributed by atoms with Gasteiger partial charge in [0.15, 0.2) is 0 Å². The molecule has 0 amide bonds. The molecule has 0 radical (unpaired) electrons. The van der Waals surface area contributed by atoms with Crippen LogP contribution in [0.1, 0.15) is 11.6 Å². The number of methoxy groups -OCH3 is 1. The Labute approximate surface area is 90.4 Å². The highest BCUT2D eigenvalue weighted by Crippen LogP contribution is 2.13. The van der Waals surface area contributed by atoms with Gasteiger partial charge in [-0.2, -0.15) is 0 Å². The highest BCUT2D eigenvalue weighted by Gasteiger charge is 2.15. The number of benzene rings is 1. The average Bonchev–Trinajstić information content (AvgIpc) is 2.17. The van der Waals surface area contributed by atoms with Gasteiger partial charge in [0.25, 0.3) is 0 Å². The SMILES string of the molecule is COC(=O)[C@@H](N)c1ccc(I)cc1. The van der Waals surface area contributed by atoms with E-state index in [0.29, 0.717) is 0 Å². The number of carbonyl (C=O) groups excluding carboxylic acids is 1. The van der Waals surface area contributed by atoms with Gasteiger partial charge in [-0.15, -0.1) is 0 Å². The molecule has 0 saturated heterocycles. The molecule has 0 bridgehead atoms. The predicted octanol–water partition coefficient (Wildman–Crippen LogP) is 1.46. The number of hydrogen-bond donors (Lipinski definition) is 1. The van der Waals surface area contributed by atoms with Crippen LogP contribution in [0.25, 0.3) is 0 Å². The second-order valence-corrected chi connectivity index (χ2v) is 3.80. The van der Waals surface area contributed by atoms with Gasteiger partial charge in [-0.05, 0) is 40.3 Å². The van der Waals surface area contributed by atoms with Crippen LogP contribution in [0.5, 0.6) is 0 Å². The summed E-state index contributed by atoms with van der Waals surface area (Å²) in [4.78, 5) is 11.0. The van der Waals surface area contributed by atoms with Crippen LogP contribution >= 0.6 is 22.6 Å². The molecule has 1 rings (SSSR count). The Morgan fingerprint density at radius 3 is 2.46 bits per heavy atom. The maximum Gasteiger partial charge on any atom is 0.327 e. The van der Waals surface area contributed by atoms with Crippen molar-refractivity contribution < 1.29 is 9.53 Å². The molecule has 0 unspecified atom stereocenters. The lowest BCUT2D eigenvalue weighted by atomic mass is 10.1. The topological polar surface area (TPSA) is 52.3 Å². The first kappa shape index (κ1) is 10.5. The van der Waals surface area contributed by atoms with Gasteiger partial charge in [-0.1, -0.05) is 12.1 Å². The van der Waals surface area contributed by atoms with Crippen LogP contribution in [0.15, 0.2) is 24.3 Å². The van der Waals surface area contributed by atoms with Gasteiger partial charge in [0.2, 0.25) is 0 Å². The van der Waals surface area contributed by atoms with E-state index in [2.05, 4.69) is 27.3 Å². The van der Waals surface area contributed by atoms with Crippen LogP contribution in [0.2, 0.25) is 0 Å². The number of carbonyl (C=O) groups is 1. The van der Waals surface area contributed by atoms with E-state index in [1.165, 1.54) is 7.11 Å². The van der Waals surface area contributed by atoms with E-state index in [9.17, 15) is 4.79 Å². The largest absolute Gasteiger partial charge is 0.468 e. The van der Waals surface area contributed by atoms with E-state index in [1.54, 1.807) is 0 Å². The molecule has 1 atom stereocenters. The summed E-state index contributed by atoms with van der Waals surface area (Å²) in [6, 6.07) is 6.77. The van der Waals surface area contributed by atoms with E-state index in [-0.39, 0.29) is 0 Å². The Kier molecular flexibility index (Phi) is 3.68. The molecule has 0 aliphatic heterocycles. The maximum absolute atomic E-state index is 11.0. The van der Waals surface area contributed by atoms with Crippen molar-refractivity contribution in [3.8, 4) is 0 Å². The minimum Gasteiger partial charge on any atom is -0.468 e. The zero-order valence-corrected chi connectivity index (χ0v) is 9.32. The molecular weight excluding hydrogens is 281 g/mol. The van der Waals surface area contributed by atoms with E-state index in [1.807, 2.05) is 24.3 Å². The van der Waals surface area contributed by atoms with Crippen LogP contribution in [0, 0.1) is 3.57 Å². The summed E-state index contributed by atoms with van der Waals surface area (Å²) in [7, 11) is 1.33. The third-order valence-corrected chi connectivity index (χ3v) is 2.40. The molecule has 3 nitrogen and oxygen atoms in total. The standard InChI is InChI=1S/C9H10INO2/c1-13-9(12)8(11)6-2-4-7(10)5-3-6/h2-5,8H,11H2,1H3/t8-/m0/s1. The van der Waals surface area contributed by atoms with Crippen molar-refractivity contribution in [1.82, 2.24) is 0 Å². The predicted molar refractivity (Wildman–Crippen MR) is 58.1 cm³/mol. The van der Waals surface area contributed by atoms with Crippen molar-refractivity contribution in [1.29, 1.82) is 0 Å². The smallest absolute Gasteiger partial charge is 0.327 e. The number of halogens is 1. The second kappa shape index (κ2) is 4.57. The van der Waals surface area contributed by atoms with Gasteiger partial charge in [-0.25, -0.2) is 0 Å². The summed E-state index contributed by atoms with van der Waals surface area (Å²) in [5.74, 6) is -0.416. The first-order chi connectivity index (χ1) is 6.15. The van der Waals surface area contributed by atoms with E-state index in [4.69, 9.17) is 5.73 Å². The van der Waals surface area contributed by atoms with Gasteiger partial charge in [0.1, 0.15) is 6.04 Å². The highest BCUT2D eigenvalue weighted by molar-refractivity contribution is 14.1. The highest BCUT2D eigenvalue weighted by atomic mass is 127. The van der Waals surface area contributed by atoms with Crippen LogP contribution in [0.4, 0.5) is 0 Å². The minimum absolute atomic E-state index is 0.416. The summed E-state index contributed by atoms with van der Waals surface area (Å²) in [5.41, 5.74) is 6.39. The Bertz CT molecular complexity index is 297. The first-order valence-electron chi connectivity index (χ1n) is 3.74. The first-order valence-corrected chi connectivity index (χ1v) is 4.82. The van der Waals surface area contributed by atoms with Crippen LogP contribution < -0.4 is 5.73 Å². The molecule has 13 heavy (non-hydrogen) atoms. The fourth-order valence-corrected chi connectivity index (χ4v) is 1.29. The molecule has 0 saturated carbocycles. The molecule has 2 N–H and O–H groups in total. The van der Waals surface area contributed by atoms with Crippen molar-refractivity contribution in [2.75, 3.05) is 7.11 Å². The fraction of sp³-hybridized carbons (Fsp3) is 0.222. The summed E-state index contributed by atoms with van der Waals surface area (Å²) < 4.78 is 5.64. The molecular formula is C9H10INO2. The zero-order chi connectivity index (χ0) is 9.84. The number of ether oxygens (including phenoxy) is 1. The monoisotopic (exact) mass is 291 g/mol. The quantitative estimate of drug-likeness (QED) is 0.663. The van der Waals surface area contributed by atoms with Crippen molar-refractivity contribution in [3.63, 3.8) is 0 Å². The minimum atomic E-state index is -0.679. The van der Waals surface area contributed by atoms with Crippen molar-refractivity contribution in [2.24, 2.45) is 5.73 Å². The van der Waals surface area contributed by atoms with Gasteiger partial charge in [0.05, 0.1) is 7.11 Å². The lowest BCUT2D eigenvalue weighted by Gasteiger charge is -2.08. The summed E-state index contributed by atoms with van der Waals surface area (Å²) in [6.07, 6.45) is 0. The molecule has 0 fully saturated rings. The Morgan fingerprint density at radius 1 is 1.46 bits per heavy atom. The molecule has 4 heteroatoms. The maximum atomic E-state index is 11.0. The van der Waals surface area contributed by atoms with Gasteiger partial charge >= 0.3 is 5.97 Å². The molecule has 0 heterocycles. The second-order valence-electron chi connectivity index (χ2n) is 2.55. The van der Waals surface area contributed by atoms with Crippen LogP contribution in [0.3, 0.4) is 0 Å². The third-order valence-electron chi connectivity index (χ3n) is 1.68. The average molecular weight is 291 g/mol. The number of nitrogens with two attached hydrogens (primary N) is 1. The molecule has 0 spiro atoms. The molecule has 70 valence electrons. The molecule has 1 aromatic rings. The number of hydrogen-bond acceptors (Lipinski definition) is 3. The third kappa shape index (κ3) is 2.67. The Hall–Kier alpha value is -0.620. The normalized spacial score (nSPS) is 12.2. The van der Waals surface area contributed by atoms with Gasteiger partial charge in [0, 0.05) is 3.57 Å². The van der Waals surface area contributed by atoms with Crippen molar-refractivity contribution in [3.05, 3.63) is 33.4 Å². The van der Waals surface area contributed by atoms with Crippen molar-refractivity contribution in [2.45, 2.75) is 6.04 Å². The summed E-state index contributed by atoms with van der Waals surface area (Å²) in [5, 5.41) is 0. The molecule has 0 aromatic heterocycles. The Balaban J connectivity index is 2.83. The Morgan fingerprint density at radius 2 is 2.00 bits per heavy atom.